The fourth-order valence-electron chi connectivity index (χ4n) is 1.39. The summed E-state index contributed by atoms with van der Waals surface area (Å²) >= 11 is 6.59. The highest BCUT2D eigenvalue weighted by atomic mass is 35.5. The minimum atomic E-state index is -1.14. The first-order valence-corrected chi connectivity index (χ1v) is 6.32. The van der Waals surface area contributed by atoms with Gasteiger partial charge in [0.2, 0.25) is 0 Å². The Labute approximate surface area is 116 Å². The van der Waals surface area contributed by atoms with Crippen LogP contribution in [0.4, 0.5) is 9.39 Å². The van der Waals surface area contributed by atoms with Gasteiger partial charge in [0.05, 0.1) is 10.6 Å². The van der Waals surface area contributed by atoms with Crippen LogP contribution in [0.1, 0.15) is 20.7 Å². The summed E-state index contributed by atoms with van der Waals surface area (Å²) < 4.78 is 13.2. The molecular formula is C12H7ClFNO3S. The van der Waals surface area contributed by atoms with Crippen LogP contribution in [0.3, 0.4) is 0 Å². The molecule has 1 amide bonds. The molecule has 0 aliphatic heterocycles. The topological polar surface area (TPSA) is 66.4 Å². The fourth-order valence-corrected chi connectivity index (χ4v) is 2.28. The fraction of sp³-hybridized carbons (Fsp3) is 0. The number of hydrogen-bond acceptors (Lipinski definition) is 3. The number of nitrogens with one attached hydrogen (secondary N) is 1. The third-order valence-corrected chi connectivity index (χ3v) is 3.44. The number of carboxylic acid groups (broad SMARTS) is 1. The predicted octanol–water partition coefficient (Wildman–Crippen LogP) is 3.49. The molecule has 0 aliphatic carbocycles. The van der Waals surface area contributed by atoms with E-state index in [4.69, 9.17) is 16.7 Å². The second kappa shape index (κ2) is 5.38. The maximum Gasteiger partial charge on any atom is 0.338 e. The van der Waals surface area contributed by atoms with Crippen molar-refractivity contribution in [2.45, 2.75) is 0 Å². The average molecular weight is 300 g/mol. The first kappa shape index (κ1) is 13.5. The quantitative estimate of drug-likeness (QED) is 0.911. The van der Waals surface area contributed by atoms with E-state index in [2.05, 4.69) is 5.32 Å². The number of carbonyl (C=O) groups is 2. The van der Waals surface area contributed by atoms with Gasteiger partial charge in [0.25, 0.3) is 5.91 Å². The second-order valence-corrected chi connectivity index (χ2v) is 4.87. The number of carboxylic acids is 1. The Morgan fingerprint density at radius 1 is 1.32 bits per heavy atom. The van der Waals surface area contributed by atoms with Crippen molar-refractivity contribution in [1.82, 2.24) is 0 Å². The SMILES string of the molecule is O=C(Nc1sccc1C(=O)O)c1ccc(Cl)c(F)c1. The molecule has 1 heterocycles. The Morgan fingerprint density at radius 2 is 2.05 bits per heavy atom. The number of thiophene rings is 1. The Bertz CT molecular complexity index is 656. The van der Waals surface area contributed by atoms with Gasteiger partial charge >= 0.3 is 5.97 Å². The van der Waals surface area contributed by atoms with Crippen molar-refractivity contribution in [2.75, 3.05) is 5.32 Å². The molecule has 19 heavy (non-hydrogen) atoms. The molecule has 0 aliphatic rings. The number of aromatic carboxylic acids is 1. The van der Waals surface area contributed by atoms with Gasteiger partial charge in [0.1, 0.15) is 10.8 Å². The summed E-state index contributed by atoms with van der Waals surface area (Å²) in [6, 6.07) is 4.99. The summed E-state index contributed by atoms with van der Waals surface area (Å²) in [6.07, 6.45) is 0. The predicted molar refractivity (Wildman–Crippen MR) is 70.6 cm³/mol. The van der Waals surface area contributed by atoms with E-state index in [0.717, 1.165) is 17.4 Å². The molecule has 2 aromatic rings. The van der Waals surface area contributed by atoms with E-state index in [9.17, 15) is 14.0 Å². The highest BCUT2D eigenvalue weighted by Crippen LogP contribution is 2.24. The first-order chi connectivity index (χ1) is 8.99. The number of carbonyl (C=O) groups excluding carboxylic acids is 1. The third kappa shape index (κ3) is 2.91. The maximum atomic E-state index is 13.2. The summed E-state index contributed by atoms with van der Waals surface area (Å²) in [7, 11) is 0. The molecule has 2 rings (SSSR count). The molecule has 0 saturated heterocycles. The Morgan fingerprint density at radius 3 is 2.68 bits per heavy atom. The summed E-state index contributed by atoms with van der Waals surface area (Å²) in [5.41, 5.74) is 0.0550. The number of benzene rings is 1. The summed E-state index contributed by atoms with van der Waals surface area (Å²) in [6.45, 7) is 0. The molecule has 0 bridgehead atoms. The molecule has 4 nitrogen and oxygen atoms in total. The Kier molecular flexibility index (Phi) is 3.82. The molecule has 7 heteroatoms. The number of hydrogen-bond donors (Lipinski definition) is 2. The van der Waals surface area contributed by atoms with Crippen molar-refractivity contribution in [2.24, 2.45) is 0 Å². The van der Waals surface area contributed by atoms with Crippen LogP contribution in [0, 0.1) is 5.82 Å². The zero-order valence-electron chi connectivity index (χ0n) is 9.31. The van der Waals surface area contributed by atoms with Crippen molar-refractivity contribution >= 4 is 39.8 Å². The average Bonchev–Trinajstić information content (AvgIpc) is 2.80. The van der Waals surface area contributed by atoms with E-state index in [1.807, 2.05) is 0 Å². The number of anilines is 1. The molecule has 2 N–H and O–H groups in total. The molecule has 1 aromatic carbocycles. The minimum Gasteiger partial charge on any atom is -0.478 e. The van der Waals surface area contributed by atoms with Crippen LogP contribution in [0.2, 0.25) is 5.02 Å². The van der Waals surface area contributed by atoms with Crippen LogP contribution in [0.25, 0.3) is 0 Å². The van der Waals surface area contributed by atoms with Gasteiger partial charge in [-0.15, -0.1) is 11.3 Å². The standard InChI is InChI=1S/C12H7ClFNO3S/c13-8-2-1-6(5-9(8)14)10(16)15-11-7(12(17)18)3-4-19-11/h1-5H,(H,15,16)(H,17,18). The normalized spacial score (nSPS) is 10.2. The van der Waals surface area contributed by atoms with Crippen molar-refractivity contribution in [1.29, 1.82) is 0 Å². The molecule has 0 atom stereocenters. The van der Waals surface area contributed by atoms with E-state index >= 15 is 0 Å². The maximum absolute atomic E-state index is 13.2. The molecule has 0 fully saturated rings. The van der Waals surface area contributed by atoms with Crippen LogP contribution < -0.4 is 5.32 Å². The van der Waals surface area contributed by atoms with Gasteiger partial charge in [-0.2, -0.15) is 0 Å². The summed E-state index contributed by atoms with van der Waals surface area (Å²) in [4.78, 5) is 22.7. The third-order valence-electron chi connectivity index (χ3n) is 2.30. The van der Waals surface area contributed by atoms with E-state index in [1.165, 1.54) is 18.2 Å². The molecule has 1 aromatic heterocycles. The molecule has 0 unspecified atom stereocenters. The lowest BCUT2D eigenvalue weighted by molar-refractivity contribution is 0.0698. The van der Waals surface area contributed by atoms with Crippen molar-refractivity contribution in [3.8, 4) is 0 Å². The van der Waals surface area contributed by atoms with Gasteiger partial charge in [-0.05, 0) is 29.6 Å². The van der Waals surface area contributed by atoms with Gasteiger partial charge in [-0.25, -0.2) is 9.18 Å². The number of halogens is 2. The van der Waals surface area contributed by atoms with Crippen LogP contribution in [-0.2, 0) is 0 Å². The van der Waals surface area contributed by atoms with Crippen molar-refractivity contribution in [3.63, 3.8) is 0 Å². The summed E-state index contributed by atoms with van der Waals surface area (Å²) in [5, 5.41) is 13.0. The van der Waals surface area contributed by atoms with E-state index in [1.54, 1.807) is 5.38 Å². The molecule has 0 radical (unpaired) electrons. The van der Waals surface area contributed by atoms with Crippen molar-refractivity contribution in [3.05, 3.63) is 51.6 Å². The molecule has 0 saturated carbocycles. The smallest absolute Gasteiger partial charge is 0.338 e. The van der Waals surface area contributed by atoms with Crippen LogP contribution in [0.5, 0.6) is 0 Å². The van der Waals surface area contributed by atoms with Gasteiger partial charge < -0.3 is 10.4 Å². The largest absolute Gasteiger partial charge is 0.478 e. The zero-order valence-corrected chi connectivity index (χ0v) is 10.9. The van der Waals surface area contributed by atoms with Gasteiger partial charge in [-0.1, -0.05) is 11.6 Å². The van der Waals surface area contributed by atoms with Gasteiger partial charge in [-0.3, -0.25) is 4.79 Å². The Hall–Kier alpha value is -1.92. The lowest BCUT2D eigenvalue weighted by atomic mass is 10.2. The van der Waals surface area contributed by atoms with E-state index in [0.29, 0.717) is 0 Å². The monoisotopic (exact) mass is 299 g/mol. The zero-order chi connectivity index (χ0) is 14.0. The lowest BCUT2D eigenvalue weighted by Gasteiger charge is -2.04. The lowest BCUT2D eigenvalue weighted by Crippen LogP contribution is -2.13. The number of rotatable bonds is 3. The van der Waals surface area contributed by atoms with E-state index < -0.39 is 17.7 Å². The van der Waals surface area contributed by atoms with E-state index in [-0.39, 0.29) is 21.2 Å². The van der Waals surface area contributed by atoms with Crippen LogP contribution in [-0.4, -0.2) is 17.0 Å². The van der Waals surface area contributed by atoms with Gasteiger partial charge in [0.15, 0.2) is 0 Å². The molecule has 0 spiro atoms. The minimum absolute atomic E-state index is 0.00668. The summed E-state index contributed by atoms with van der Waals surface area (Å²) in [5.74, 6) is -2.45. The van der Waals surface area contributed by atoms with Crippen LogP contribution in [0.15, 0.2) is 29.6 Å². The highest BCUT2D eigenvalue weighted by molar-refractivity contribution is 7.14. The van der Waals surface area contributed by atoms with Crippen molar-refractivity contribution < 1.29 is 19.1 Å². The first-order valence-electron chi connectivity index (χ1n) is 5.06. The highest BCUT2D eigenvalue weighted by Gasteiger charge is 2.15. The molecular weight excluding hydrogens is 293 g/mol. The van der Waals surface area contributed by atoms with Crippen LogP contribution >= 0.6 is 22.9 Å². The Balaban J connectivity index is 2.23. The number of amides is 1. The van der Waals surface area contributed by atoms with Gasteiger partial charge in [0, 0.05) is 5.56 Å². The second-order valence-electron chi connectivity index (χ2n) is 3.55. The molecule has 98 valence electrons.